The van der Waals surface area contributed by atoms with Gasteiger partial charge in [0.2, 0.25) is 0 Å². The molecule has 1 unspecified atom stereocenters. The molecule has 1 rings (SSSR count). The first-order valence-electron chi connectivity index (χ1n) is 5.22. The van der Waals surface area contributed by atoms with Crippen molar-refractivity contribution < 1.29 is 9.84 Å². The number of hydrogen-bond donors (Lipinski definition) is 1. The molecule has 0 saturated carbocycles. The highest BCUT2D eigenvalue weighted by Crippen LogP contribution is 2.09. The summed E-state index contributed by atoms with van der Waals surface area (Å²) in [5.41, 5.74) is 0. The number of aliphatic hydroxyl groups excluding tert-OH is 1. The zero-order valence-corrected chi connectivity index (χ0v) is 8.54. The SMILES string of the molecule is COCCC(O)CN1CCCCC1. The minimum absolute atomic E-state index is 0.210. The maximum atomic E-state index is 9.61. The summed E-state index contributed by atoms with van der Waals surface area (Å²) >= 11 is 0. The maximum absolute atomic E-state index is 9.61. The van der Waals surface area contributed by atoms with E-state index in [-0.39, 0.29) is 6.10 Å². The summed E-state index contributed by atoms with van der Waals surface area (Å²) in [6.07, 6.45) is 4.48. The van der Waals surface area contributed by atoms with Crippen molar-refractivity contribution in [1.29, 1.82) is 0 Å². The molecule has 0 aliphatic carbocycles. The summed E-state index contributed by atoms with van der Waals surface area (Å²) in [5, 5.41) is 9.61. The predicted molar refractivity (Wildman–Crippen MR) is 52.8 cm³/mol. The van der Waals surface area contributed by atoms with Gasteiger partial charge in [-0.05, 0) is 32.4 Å². The van der Waals surface area contributed by atoms with Gasteiger partial charge in [-0.15, -0.1) is 0 Å². The van der Waals surface area contributed by atoms with Crippen LogP contribution in [0, 0.1) is 0 Å². The second-order valence-electron chi connectivity index (χ2n) is 3.80. The van der Waals surface area contributed by atoms with Crippen molar-refractivity contribution in [2.24, 2.45) is 0 Å². The number of nitrogens with zero attached hydrogens (tertiary/aromatic N) is 1. The largest absolute Gasteiger partial charge is 0.392 e. The molecule has 1 aliphatic rings. The van der Waals surface area contributed by atoms with Crippen LogP contribution < -0.4 is 0 Å². The molecule has 1 atom stereocenters. The lowest BCUT2D eigenvalue weighted by molar-refractivity contribution is 0.0692. The van der Waals surface area contributed by atoms with Crippen LogP contribution in [0.2, 0.25) is 0 Å². The molecule has 1 N–H and O–H groups in total. The van der Waals surface area contributed by atoms with Crippen molar-refractivity contribution in [2.75, 3.05) is 33.4 Å². The zero-order valence-electron chi connectivity index (χ0n) is 8.54. The van der Waals surface area contributed by atoms with Gasteiger partial charge < -0.3 is 14.7 Å². The van der Waals surface area contributed by atoms with Crippen molar-refractivity contribution >= 4 is 0 Å². The molecule has 0 bridgehead atoms. The molecule has 1 saturated heterocycles. The van der Waals surface area contributed by atoms with Crippen LogP contribution >= 0.6 is 0 Å². The minimum atomic E-state index is -0.210. The van der Waals surface area contributed by atoms with Gasteiger partial charge in [0.15, 0.2) is 0 Å². The van der Waals surface area contributed by atoms with E-state index in [2.05, 4.69) is 4.90 Å². The van der Waals surface area contributed by atoms with Gasteiger partial charge in [0.05, 0.1) is 6.10 Å². The molecule has 0 aromatic heterocycles. The van der Waals surface area contributed by atoms with E-state index >= 15 is 0 Å². The quantitative estimate of drug-likeness (QED) is 0.693. The van der Waals surface area contributed by atoms with E-state index in [0.717, 1.165) is 26.1 Å². The van der Waals surface area contributed by atoms with E-state index < -0.39 is 0 Å². The molecular formula is C10H21NO2. The Kier molecular flexibility index (Phi) is 5.35. The highest BCUT2D eigenvalue weighted by Gasteiger charge is 2.13. The lowest BCUT2D eigenvalue weighted by Crippen LogP contribution is -2.36. The highest BCUT2D eigenvalue weighted by molar-refractivity contribution is 4.68. The third-order valence-electron chi connectivity index (χ3n) is 2.57. The Morgan fingerprint density at radius 1 is 1.31 bits per heavy atom. The predicted octanol–water partition coefficient (Wildman–Crippen LogP) is 0.870. The first-order valence-corrected chi connectivity index (χ1v) is 5.22. The fraction of sp³-hybridized carbons (Fsp3) is 1.00. The van der Waals surface area contributed by atoms with Gasteiger partial charge in [0, 0.05) is 20.3 Å². The van der Waals surface area contributed by atoms with E-state index in [1.165, 1.54) is 19.3 Å². The molecular weight excluding hydrogens is 166 g/mol. The second-order valence-corrected chi connectivity index (χ2v) is 3.80. The van der Waals surface area contributed by atoms with Crippen LogP contribution in [0.25, 0.3) is 0 Å². The molecule has 0 aromatic carbocycles. The van der Waals surface area contributed by atoms with Crippen molar-refractivity contribution in [3.05, 3.63) is 0 Å². The summed E-state index contributed by atoms with van der Waals surface area (Å²) in [4.78, 5) is 2.35. The van der Waals surface area contributed by atoms with E-state index in [0.29, 0.717) is 6.61 Å². The lowest BCUT2D eigenvalue weighted by atomic mass is 10.1. The molecule has 0 spiro atoms. The van der Waals surface area contributed by atoms with E-state index in [1.807, 2.05) is 0 Å². The third-order valence-corrected chi connectivity index (χ3v) is 2.57. The fourth-order valence-corrected chi connectivity index (χ4v) is 1.79. The highest BCUT2D eigenvalue weighted by atomic mass is 16.5. The van der Waals surface area contributed by atoms with Crippen molar-refractivity contribution in [2.45, 2.75) is 31.8 Å². The van der Waals surface area contributed by atoms with Crippen molar-refractivity contribution in [3.8, 4) is 0 Å². The monoisotopic (exact) mass is 187 g/mol. The molecule has 0 radical (unpaired) electrons. The molecule has 0 aromatic rings. The Balaban J connectivity index is 2.07. The van der Waals surface area contributed by atoms with Gasteiger partial charge >= 0.3 is 0 Å². The van der Waals surface area contributed by atoms with Gasteiger partial charge in [-0.1, -0.05) is 6.42 Å². The second kappa shape index (κ2) is 6.35. The number of rotatable bonds is 5. The Hall–Kier alpha value is -0.120. The molecule has 13 heavy (non-hydrogen) atoms. The van der Waals surface area contributed by atoms with Crippen LogP contribution in [0.1, 0.15) is 25.7 Å². The number of likely N-dealkylation sites (tertiary alicyclic amines) is 1. The molecule has 78 valence electrons. The van der Waals surface area contributed by atoms with Gasteiger partial charge in [-0.25, -0.2) is 0 Å². The number of piperidine rings is 1. The van der Waals surface area contributed by atoms with Crippen LogP contribution in [0.4, 0.5) is 0 Å². The number of β-amino-alcohol motifs (C(OH)–C–C–N with tert-alkyl or cyclic N) is 1. The van der Waals surface area contributed by atoms with Crippen molar-refractivity contribution in [3.63, 3.8) is 0 Å². The molecule has 0 amide bonds. The Bertz CT molecular complexity index is 124. The maximum Gasteiger partial charge on any atom is 0.0689 e. The fourth-order valence-electron chi connectivity index (χ4n) is 1.79. The molecule has 1 heterocycles. The summed E-state index contributed by atoms with van der Waals surface area (Å²) in [6, 6.07) is 0. The molecule has 1 aliphatic heterocycles. The van der Waals surface area contributed by atoms with Crippen LogP contribution in [-0.2, 0) is 4.74 Å². The van der Waals surface area contributed by atoms with E-state index in [4.69, 9.17) is 4.74 Å². The average Bonchev–Trinajstić information content (AvgIpc) is 2.16. The van der Waals surface area contributed by atoms with Gasteiger partial charge in [0.25, 0.3) is 0 Å². The zero-order chi connectivity index (χ0) is 9.52. The Morgan fingerprint density at radius 3 is 2.62 bits per heavy atom. The van der Waals surface area contributed by atoms with Gasteiger partial charge in [-0.2, -0.15) is 0 Å². The number of ether oxygens (including phenoxy) is 1. The number of methoxy groups -OCH3 is 1. The summed E-state index contributed by atoms with van der Waals surface area (Å²) in [6.45, 7) is 3.80. The van der Waals surface area contributed by atoms with Crippen LogP contribution in [0.3, 0.4) is 0 Å². The minimum Gasteiger partial charge on any atom is -0.392 e. The van der Waals surface area contributed by atoms with Crippen molar-refractivity contribution in [1.82, 2.24) is 4.90 Å². The van der Waals surface area contributed by atoms with Gasteiger partial charge in [0.1, 0.15) is 0 Å². The summed E-state index contributed by atoms with van der Waals surface area (Å²) in [5.74, 6) is 0. The van der Waals surface area contributed by atoms with E-state index in [1.54, 1.807) is 7.11 Å². The smallest absolute Gasteiger partial charge is 0.0689 e. The Labute approximate surface area is 80.7 Å². The van der Waals surface area contributed by atoms with Crippen LogP contribution in [0.15, 0.2) is 0 Å². The lowest BCUT2D eigenvalue weighted by Gasteiger charge is -2.28. The summed E-state index contributed by atoms with van der Waals surface area (Å²) < 4.78 is 4.92. The first kappa shape index (κ1) is 11.0. The normalized spacial score (nSPS) is 21.7. The standard InChI is InChI=1S/C10H21NO2/c1-13-8-5-10(12)9-11-6-3-2-4-7-11/h10,12H,2-9H2,1H3. The van der Waals surface area contributed by atoms with Crippen LogP contribution in [-0.4, -0.2) is 49.5 Å². The molecule has 3 nitrogen and oxygen atoms in total. The van der Waals surface area contributed by atoms with E-state index in [9.17, 15) is 5.11 Å². The molecule has 3 heteroatoms. The third kappa shape index (κ3) is 4.60. The van der Waals surface area contributed by atoms with Gasteiger partial charge in [-0.3, -0.25) is 0 Å². The average molecular weight is 187 g/mol. The topological polar surface area (TPSA) is 32.7 Å². The number of hydrogen-bond acceptors (Lipinski definition) is 3. The number of aliphatic hydroxyl groups is 1. The summed E-state index contributed by atoms with van der Waals surface area (Å²) in [7, 11) is 1.67. The Morgan fingerprint density at radius 2 is 2.00 bits per heavy atom. The first-order chi connectivity index (χ1) is 6.33. The van der Waals surface area contributed by atoms with Crippen LogP contribution in [0.5, 0.6) is 0 Å². The molecule has 1 fully saturated rings.